The summed E-state index contributed by atoms with van der Waals surface area (Å²) in [6.45, 7) is 0. The maximum atomic E-state index is 3.99. The molecule has 0 aliphatic carbocycles. The molecule has 0 fully saturated rings. The lowest BCUT2D eigenvalue weighted by Gasteiger charge is -1.89. The average Bonchev–Trinajstić information content (AvgIpc) is 2.34. The van der Waals surface area contributed by atoms with E-state index < -0.39 is 0 Å². The highest BCUT2D eigenvalue weighted by Gasteiger charge is 1.94. The molecule has 0 amide bonds. The van der Waals surface area contributed by atoms with Gasteiger partial charge in [0.15, 0.2) is 0 Å². The summed E-state index contributed by atoms with van der Waals surface area (Å²) in [5, 5.41) is 5.06. The second-order valence-corrected chi connectivity index (χ2v) is 2.25. The van der Waals surface area contributed by atoms with E-state index in [1.54, 1.807) is 0 Å². The first kappa shape index (κ1) is 5.47. The lowest BCUT2D eigenvalue weighted by atomic mass is 10.3. The third-order valence-corrected chi connectivity index (χ3v) is 1.57. The Balaban J connectivity index is 2.93. The van der Waals surface area contributed by atoms with Crippen molar-refractivity contribution in [3.8, 4) is 0 Å². The van der Waals surface area contributed by atoms with E-state index >= 15 is 0 Å². The van der Waals surface area contributed by atoms with Crippen molar-refractivity contribution in [3.05, 3.63) is 30.5 Å². The Morgan fingerprint density at radius 3 is 3.00 bits per heavy atom. The van der Waals surface area contributed by atoms with E-state index in [0.717, 1.165) is 10.9 Å². The predicted octanol–water partition coefficient (Wildman–Crippen LogP) is 1.37. The minimum Gasteiger partial charge on any atom is -0.267 e. The molecule has 0 N–H and O–H groups in total. The lowest BCUT2D eigenvalue weighted by molar-refractivity contribution is 0.794. The number of rotatable bonds is 0. The van der Waals surface area contributed by atoms with Crippen LogP contribution in [0.1, 0.15) is 0 Å². The SMILES string of the molecule is Cn1n[c]c2ccccc21. The van der Waals surface area contributed by atoms with Crippen molar-refractivity contribution in [2.45, 2.75) is 0 Å². The smallest absolute Gasteiger partial charge is 0.121 e. The van der Waals surface area contributed by atoms with Gasteiger partial charge in [-0.05, 0) is 6.07 Å². The molecule has 2 heteroatoms. The first-order valence-corrected chi connectivity index (χ1v) is 3.17. The number of aromatic nitrogens is 2. The zero-order chi connectivity index (χ0) is 6.97. The highest BCUT2D eigenvalue weighted by atomic mass is 15.2. The van der Waals surface area contributed by atoms with E-state index in [2.05, 4.69) is 11.3 Å². The highest BCUT2D eigenvalue weighted by molar-refractivity contribution is 5.77. The first-order chi connectivity index (χ1) is 4.88. The third kappa shape index (κ3) is 0.620. The molecule has 0 unspecified atom stereocenters. The maximum Gasteiger partial charge on any atom is 0.121 e. The lowest BCUT2D eigenvalue weighted by Crippen LogP contribution is -1.87. The largest absolute Gasteiger partial charge is 0.267 e. The van der Waals surface area contributed by atoms with Gasteiger partial charge in [0.1, 0.15) is 6.20 Å². The summed E-state index contributed by atoms with van der Waals surface area (Å²) in [6.07, 6.45) is 2.90. The fraction of sp³-hybridized carbons (Fsp3) is 0.125. The fourth-order valence-electron chi connectivity index (χ4n) is 1.03. The minimum absolute atomic E-state index is 1.07. The van der Waals surface area contributed by atoms with E-state index in [1.807, 2.05) is 36.0 Å². The van der Waals surface area contributed by atoms with Gasteiger partial charge in [-0.25, -0.2) is 0 Å². The van der Waals surface area contributed by atoms with Gasteiger partial charge in [0.25, 0.3) is 0 Å². The summed E-state index contributed by atoms with van der Waals surface area (Å²) in [5.41, 5.74) is 1.13. The van der Waals surface area contributed by atoms with E-state index in [9.17, 15) is 0 Å². The van der Waals surface area contributed by atoms with Crippen LogP contribution in [0.15, 0.2) is 24.3 Å². The van der Waals surface area contributed by atoms with Crippen LogP contribution in [0, 0.1) is 6.20 Å². The summed E-state index contributed by atoms with van der Waals surface area (Å²) in [7, 11) is 1.92. The number of aryl methyl sites for hydroxylation is 1. The zero-order valence-corrected chi connectivity index (χ0v) is 5.70. The van der Waals surface area contributed by atoms with Gasteiger partial charge < -0.3 is 0 Å². The van der Waals surface area contributed by atoms with Gasteiger partial charge in [-0.15, -0.1) is 0 Å². The van der Waals surface area contributed by atoms with Crippen LogP contribution in [0.2, 0.25) is 0 Å². The molecule has 1 radical (unpaired) electrons. The number of hydrogen-bond acceptors (Lipinski definition) is 1. The number of fused-ring (bicyclic) bond motifs is 1. The van der Waals surface area contributed by atoms with Crippen molar-refractivity contribution >= 4 is 10.9 Å². The van der Waals surface area contributed by atoms with Gasteiger partial charge in [0, 0.05) is 12.4 Å². The molecule has 0 saturated heterocycles. The summed E-state index contributed by atoms with van der Waals surface area (Å²) >= 11 is 0. The average molecular weight is 131 g/mol. The molecule has 0 spiro atoms. The van der Waals surface area contributed by atoms with Crippen LogP contribution in [0.4, 0.5) is 0 Å². The van der Waals surface area contributed by atoms with Crippen molar-refractivity contribution in [2.24, 2.45) is 7.05 Å². The van der Waals surface area contributed by atoms with Crippen LogP contribution in [0.3, 0.4) is 0 Å². The molecule has 0 aliphatic rings. The van der Waals surface area contributed by atoms with Crippen LogP contribution in [-0.2, 0) is 7.05 Å². The van der Waals surface area contributed by atoms with Crippen molar-refractivity contribution in [1.82, 2.24) is 9.78 Å². The van der Waals surface area contributed by atoms with E-state index in [0.29, 0.717) is 0 Å². The molecule has 2 aromatic rings. The summed E-state index contributed by atoms with van der Waals surface area (Å²) in [6, 6.07) is 8.01. The predicted molar refractivity (Wildman–Crippen MR) is 39.6 cm³/mol. The topological polar surface area (TPSA) is 17.8 Å². The number of nitrogens with zero attached hydrogens (tertiary/aromatic N) is 2. The molecule has 0 saturated carbocycles. The Morgan fingerprint density at radius 2 is 2.20 bits per heavy atom. The Hall–Kier alpha value is -1.31. The van der Waals surface area contributed by atoms with Crippen LogP contribution in [0.25, 0.3) is 10.9 Å². The van der Waals surface area contributed by atoms with E-state index in [1.165, 1.54) is 0 Å². The molecule has 10 heavy (non-hydrogen) atoms. The second kappa shape index (κ2) is 1.84. The second-order valence-electron chi connectivity index (χ2n) is 2.25. The van der Waals surface area contributed by atoms with Gasteiger partial charge in [-0.3, -0.25) is 4.68 Å². The molecular formula is C8H7N2. The molecule has 1 aromatic heterocycles. The molecular weight excluding hydrogens is 124 g/mol. The van der Waals surface area contributed by atoms with Gasteiger partial charge in [0.2, 0.25) is 0 Å². The summed E-state index contributed by atoms with van der Waals surface area (Å²) in [5.74, 6) is 0. The van der Waals surface area contributed by atoms with Crippen LogP contribution >= 0.6 is 0 Å². The monoisotopic (exact) mass is 131 g/mol. The normalized spacial score (nSPS) is 10.5. The third-order valence-electron chi connectivity index (χ3n) is 1.57. The number of para-hydroxylation sites is 1. The van der Waals surface area contributed by atoms with Gasteiger partial charge >= 0.3 is 0 Å². The number of hydrogen-bond donors (Lipinski definition) is 0. The Morgan fingerprint density at radius 1 is 1.40 bits per heavy atom. The molecule has 0 atom stereocenters. The van der Waals surface area contributed by atoms with Gasteiger partial charge in [-0.1, -0.05) is 18.2 Å². The fourth-order valence-corrected chi connectivity index (χ4v) is 1.03. The Labute approximate surface area is 59.1 Å². The molecule has 1 heterocycles. The minimum atomic E-state index is 1.07. The van der Waals surface area contributed by atoms with Crippen LogP contribution in [-0.4, -0.2) is 9.78 Å². The molecule has 0 aliphatic heterocycles. The highest BCUT2D eigenvalue weighted by Crippen LogP contribution is 2.09. The van der Waals surface area contributed by atoms with Gasteiger partial charge in [-0.2, -0.15) is 5.10 Å². The molecule has 2 rings (SSSR count). The van der Waals surface area contributed by atoms with Crippen molar-refractivity contribution in [3.63, 3.8) is 0 Å². The Bertz CT molecular complexity index is 349. The van der Waals surface area contributed by atoms with Crippen molar-refractivity contribution < 1.29 is 0 Å². The van der Waals surface area contributed by atoms with Crippen molar-refractivity contribution in [2.75, 3.05) is 0 Å². The summed E-state index contributed by atoms with van der Waals surface area (Å²) in [4.78, 5) is 0. The quantitative estimate of drug-likeness (QED) is 0.528. The Kier molecular flexibility index (Phi) is 1.01. The standard InChI is InChI=1S/C8H7N2/c1-10-8-5-3-2-4-7(8)6-9-10/h2-5H,1H3. The first-order valence-electron chi connectivity index (χ1n) is 3.17. The van der Waals surface area contributed by atoms with Gasteiger partial charge in [0.05, 0.1) is 5.52 Å². The van der Waals surface area contributed by atoms with Crippen molar-refractivity contribution in [1.29, 1.82) is 0 Å². The maximum absolute atomic E-state index is 3.99. The molecule has 49 valence electrons. The number of benzene rings is 1. The van der Waals surface area contributed by atoms with Crippen LogP contribution in [0.5, 0.6) is 0 Å². The summed E-state index contributed by atoms with van der Waals surface area (Å²) < 4.78 is 1.81. The molecule has 2 nitrogen and oxygen atoms in total. The van der Waals surface area contributed by atoms with E-state index in [-0.39, 0.29) is 0 Å². The van der Waals surface area contributed by atoms with E-state index in [4.69, 9.17) is 0 Å². The molecule has 1 aromatic carbocycles. The zero-order valence-electron chi connectivity index (χ0n) is 5.70. The molecule has 0 bridgehead atoms. The van der Waals surface area contributed by atoms with Crippen LogP contribution < -0.4 is 0 Å².